The summed E-state index contributed by atoms with van der Waals surface area (Å²) in [5, 5.41) is 8.82. The third-order valence-corrected chi connectivity index (χ3v) is 4.30. The van der Waals surface area contributed by atoms with Crippen LogP contribution >= 0.6 is 12.2 Å². The van der Waals surface area contributed by atoms with Crippen LogP contribution in [0.2, 0.25) is 0 Å². The van der Waals surface area contributed by atoms with E-state index in [0.29, 0.717) is 16.7 Å². The third kappa shape index (κ3) is 4.16. The van der Waals surface area contributed by atoms with Gasteiger partial charge in [0.25, 0.3) is 5.56 Å². The van der Waals surface area contributed by atoms with Gasteiger partial charge in [-0.3, -0.25) is 10.2 Å². The molecule has 1 aliphatic rings. The maximum absolute atomic E-state index is 12.0. The van der Waals surface area contributed by atoms with E-state index in [4.69, 9.17) is 12.2 Å². The molecule has 0 unspecified atom stereocenters. The van der Waals surface area contributed by atoms with E-state index in [1.165, 1.54) is 25.5 Å². The van der Waals surface area contributed by atoms with Crippen molar-refractivity contribution < 1.29 is 0 Å². The lowest BCUT2D eigenvalue weighted by molar-refractivity contribution is 0.412. The van der Waals surface area contributed by atoms with Crippen molar-refractivity contribution in [3.8, 4) is 0 Å². The van der Waals surface area contributed by atoms with Crippen molar-refractivity contribution in [2.75, 3.05) is 0 Å². The molecule has 23 heavy (non-hydrogen) atoms. The summed E-state index contributed by atoms with van der Waals surface area (Å²) < 4.78 is 0. The largest absolute Gasteiger partial charge is 0.359 e. The normalized spacial score (nSPS) is 15.8. The lowest BCUT2D eigenvalue weighted by atomic mass is 9.96. The number of pyridine rings is 1. The van der Waals surface area contributed by atoms with Gasteiger partial charge in [0.15, 0.2) is 5.11 Å². The average Bonchev–Trinajstić information content (AvgIpc) is 2.56. The predicted octanol–water partition coefficient (Wildman–Crippen LogP) is 2.66. The highest BCUT2D eigenvalue weighted by atomic mass is 32.1. The van der Waals surface area contributed by atoms with E-state index in [-0.39, 0.29) is 5.56 Å². The second kappa shape index (κ2) is 7.37. The van der Waals surface area contributed by atoms with Crippen molar-refractivity contribution in [3.63, 3.8) is 0 Å². The first-order valence-electron chi connectivity index (χ1n) is 7.94. The topological polar surface area (TPSA) is 69.3 Å². The Morgan fingerprint density at radius 2 is 2.04 bits per heavy atom. The Labute approximate surface area is 140 Å². The molecule has 0 spiro atoms. The molecule has 1 saturated carbocycles. The van der Waals surface area contributed by atoms with Crippen LogP contribution in [0.15, 0.2) is 40.2 Å². The van der Waals surface area contributed by atoms with E-state index in [1.807, 2.05) is 30.3 Å². The number of para-hydroxylation sites is 1. The molecule has 0 atom stereocenters. The number of H-pyrrole nitrogens is 1. The zero-order chi connectivity index (χ0) is 16.1. The highest BCUT2D eigenvalue weighted by Gasteiger charge is 2.13. The lowest BCUT2D eigenvalue weighted by Crippen LogP contribution is -2.40. The number of nitrogens with one attached hydrogen (secondary N) is 3. The van der Waals surface area contributed by atoms with Crippen LogP contribution < -0.4 is 16.3 Å². The number of aromatic amines is 1. The lowest BCUT2D eigenvalue weighted by Gasteiger charge is -2.23. The summed E-state index contributed by atoms with van der Waals surface area (Å²) in [5.41, 5.74) is 3.94. The molecule has 0 saturated heterocycles. The molecule has 0 amide bonds. The minimum atomic E-state index is -0.166. The summed E-state index contributed by atoms with van der Waals surface area (Å²) in [6, 6.07) is 9.90. The Morgan fingerprint density at radius 3 is 2.87 bits per heavy atom. The molecular formula is C17H20N4OS. The van der Waals surface area contributed by atoms with Crippen LogP contribution in [0.25, 0.3) is 10.9 Å². The van der Waals surface area contributed by atoms with E-state index < -0.39 is 0 Å². The SMILES string of the molecule is O=c1[nH]c2ccccc2cc1C=NNC(=S)NC1CCCCC1. The smallest absolute Gasteiger partial charge is 0.257 e. The van der Waals surface area contributed by atoms with Gasteiger partial charge in [0.2, 0.25) is 0 Å². The van der Waals surface area contributed by atoms with Crippen LogP contribution in [0.3, 0.4) is 0 Å². The number of rotatable bonds is 3. The van der Waals surface area contributed by atoms with Gasteiger partial charge in [0, 0.05) is 11.6 Å². The minimum Gasteiger partial charge on any atom is -0.359 e. The highest BCUT2D eigenvalue weighted by molar-refractivity contribution is 7.80. The summed E-state index contributed by atoms with van der Waals surface area (Å²) in [6.45, 7) is 0. The Balaban J connectivity index is 1.62. The number of nitrogens with zero attached hydrogens (tertiary/aromatic N) is 1. The first-order valence-corrected chi connectivity index (χ1v) is 8.35. The van der Waals surface area contributed by atoms with Crippen LogP contribution in [0.4, 0.5) is 0 Å². The number of hydrogen-bond acceptors (Lipinski definition) is 3. The molecule has 3 rings (SSSR count). The molecule has 6 heteroatoms. The first-order chi connectivity index (χ1) is 11.2. The molecule has 1 aromatic carbocycles. The number of hydrazone groups is 1. The first kappa shape index (κ1) is 15.7. The zero-order valence-electron chi connectivity index (χ0n) is 12.8. The van der Waals surface area contributed by atoms with Crippen LogP contribution in [0.5, 0.6) is 0 Å². The van der Waals surface area contributed by atoms with E-state index in [0.717, 1.165) is 23.7 Å². The van der Waals surface area contributed by atoms with Crippen molar-refractivity contribution in [1.29, 1.82) is 0 Å². The fraction of sp³-hybridized carbons (Fsp3) is 0.353. The minimum absolute atomic E-state index is 0.166. The van der Waals surface area contributed by atoms with E-state index >= 15 is 0 Å². The number of hydrogen-bond donors (Lipinski definition) is 3. The predicted molar refractivity (Wildman–Crippen MR) is 97.9 cm³/mol. The van der Waals surface area contributed by atoms with Gasteiger partial charge in [-0.2, -0.15) is 5.10 Å². The monoisotopic (exact) mass is 328 g/mol. The fourth-order valence-electron chi connectivity index (χ4n) is 2.89. The standard InChI is InChI=1S/C17H20N4OS/c22-16-13(10-12-6-4-5-9-15(12)20-16)11-18-21-17(23)19-14-7-2-1-3-8-14/h4-6,9-11,14H,1-3,7-8H2,(H,20,22)(H2,19,21,23). The molecule has 3 N–H and O–H groups in total. The van der Waals surface area contributed by atoms with Gasteiger partial charge in [-0.15, -0.1) is 0 Å². The molecule has 1 aliphatic carbocycles. The Morgan fingerprint density at radius 1 is 1.26 bits per heavy atom. The van der Waals surface area contributed by atoms with Crippen molar-refractivity contribution in [2.24, 2.45) is 5.10 Å². The number of fused-ring (bicyclic) bond motifs is 1. The van der Waals surface area contributed by atoms with Crippen molar-refractivity contribution in [1.82, 2.24) is 15.7 Å². The van der Waals surface area contributed by atoms with Crippen LogP contribution in [-0.4, -0.2) is 22.4 Å². The van der Waals surface area contributed by atoms with Crippen LogP contribution in [0.1, 0.15) is 37.7 Å². The summed E-state index contributed by atoms with van der Waals surface area (Å²) >= 11 is 5.24. The molecule has 1 aromatic heterocycles. The van der Waals surface area contributed by atoms with Crippen molar-refractivity contribution >= 4 is 34.4 Å². The molecule has 120 valence electrons. The molecule has 1 fully saturated rings. The molecule has 2 aromatic rings. The molecule has 0 aliphatic heterocycles. The fourth-order valence-corrected chi connectivity index (χ4v) is 3.10. The van der Waals surface area contributed by atoms with Gasteiger partial charge in [0.05, 0.1) is 11.8 Å². The van der Waals surface area contributed by atoms with Gasteiger partial charge in [-0.25, -0.2) is 0 Å². The number of aromatic nitrogens is 1. The summed E-state index contributed by atoms with van der Waals surface area (Å²) in [7, 11) is 0. The van der Waals surface area contributed by atoms with Crippen LogP contribution in [0, 0.1) is 0 Å². The van der Waals surface area contributed by atoms with Crippen molar-refractivity contribution in [2.45, 2.75) is 38.1 Å². The molecule has 0 bridgehead atoms. The zero-order valence-corrected chi connectivity index (χ0v) is 13.7. The molecular weight excluding hydrogens is 308 g/mol. The quantitative estimate of drug-likeness (QED) is 0.460. The van der Waals surface area contributed by atoms with Gasteiger partial charge in [-0.05, 0) is 42.6 Å². The van der Waals surface area contributed by atoms with E-state index in [1.54, 1.807) is 0 Å². The third-order valence-electron chi connectivity index (χ3n) is 4.09. The maximum Gasteiger partial charge on any atom is 0.257 e. The second-order valence-electron chi connectivity index (χ2n) is 5.82. The molecule has 5 nitrogen and oxygen atoms in total. The van der Waals surface area contributed by atoms with E-state index in [9.17, 15) is 4.79 Å². The highest BCUT2D eigenvalue weighted by Crippen LogP contribution is 2.17. The van der Waals surface area contributed by atoms with Gasteiger partial charge < -0.3 is 10.3 Å². The average molecular weight is 328 g/mol. The summed E-state index contributed by atoms with van der Waals surface area (Å²) in [5.74, 6) is 0. The van der Waals surface area contributed by atoms with Gasteiger partial charge in [-0.1, -0.05) is 37.5 Å². The van der Waals surface area contributed by atoms with Gasteiger partial charge >= 0.3 is 0 Å². The molecule has 1 heterocycles. The van der Waals surface area contributed by atoms with E-state index in [2.05, 4.69) is 20.8 Å². The Kier molecular flexibility index (Phi) is 5.02. The Hall–Kier alpha value is -2.21. The maximum atomic E-state index is 12.0. The Bertz CT molecular complexity index is 778. The number of benzene rings is 1. The number of thiocarbonyl (C=S) groups is 1. The summed E-state index contributed by atoms with van der Waals surface area (Å²) in [6.07, 6.45) is 7.60. The van der Waals surface area contributed by atoms with Crippen LogP contribution in [-0.2, 0) is 0 Å². The van der Waals surface area contributed by atoms with Gasteiger partial charge in [0.1, 0.15) is 0 Å². The van der Waals surface area contributed by atoms with Crippen molar-refractivity contribution in [3.05, 3.63) is 46.2 Å². The second-order valence-corrected chi connectivity index (χ2v) is 6.23. The summed E-state index contributed by atoms with van der Waals surface area (Å²) in [4.78, 5) is 14.8. The molecule has 0 radical (unpaired) electrons.